The van der Waals surface area contributed by atoms with Gasteiger partial charge in [0.1, 0.15) is 5.82 Å². The van der Waals surface area contributed by atoms with E-state index in [1.807, 2.05) is 6.07 Å². The van der Waals surface area contributed by atoms with Crippen LogP contribution in [0.4, 0.5) is 9.18 Å². The van der Waals surface area contributed by atoms with Gasteiger partial charge in [0.15, 0.2) is 0 Å². The fourth-order valence-electron chi connectivity index (χ4n) is 3.05. The van der Waals surface area contributed by atoms with Crippen LogP contribution in [0.2, 0.25) is 0 Å². The summed E-state index contributed by atoms with van der Waals surface area (Å²) in [6.45, 7) is 3.39. The Morgan fingerprint density at radius 3 is 2.74 bits per heavy atom. The molecule has 3 atom stereocenters. The minimum absolute atomic E-state index is 0.224. The molecule has 1 aromatic carbocycles. The summed E-state index contributed by atoms with van der Waals surface area (Å²) in [6, 6.07) is 4.84. The Hall–Kier alpha value is -1.74. The molecular weight excluding hydrogens is 391 g/mol. The summed E-state index contributed by atoms with van der Waals surface area (Å²) in [5.41, 5.74) is 0.824. The van der Waals surface area contributed by atoms with Crippen LogP contribution in [-0.4, -0.2) is 40.4 Å². The highest BCUT2D eigenvalue weighted by molar-refractivity contribution is 8.01. The summed E-state index contributed by atoms with van der Waals surface area (Å²) in [6.07, 6.45) is -0.0938. The molecule has 0 aliphatic carbocycles. The molecule has 0 radical (unpaired) electrons. The van der Waals surface area contributed by atoms with Gasteiger partial charge in [0.25, 0.3) is 0 Å². The van der Waals surface area contributed by atoms with Crippen LogP contribution in [0.15, 0.2) is 23.1 Å². The lowest BCUT2D eigenvalue weighted by molar-refractivity contribution is -0.125. The van der Waals surface area contributed by atoms with Crippen LogP contribution in [-0.2, 0) is 20.7 Å². The highest BCUT2D eigenvalue weighted by atomic mass is 32.2. The van der Waals surface area contributed by atoms with Crippen molar-refractivity contribution in [2.24, 2.45) is 5.92 Å². The lowest BCUT2D eigenvalue weighted by Crippen LogP contribution is -2.46. The number of ether oxygens (including phenoxy) is 1. The molecule has 0 spiro atoms. The maximum atomic E-state index is 13.9. The van der Waals surface area contributed by atoms with E-state index in [1.54, 1.807) is 19.9 Å². The normalized spacial score (nSPS) is 23.8. The van der Waals surface area contributed by atoms with Crippen molar-refractivity contribution in [2.45, 2.75) is 48.3 Å². The number of alkyl carbamates (subject to hydrolysis) is 1. The van der Waals surface area contributed by atoms with Gasteiger partial charge >= 0.3 is 6.09 Å². The fraction of sp³-hybridized carbons (Fsp3) is 0.500. The number of benzene rings is 1. The quantitative estimate of drug-likeness (QED) is 0.791. The standard InChI is InChI=1S/C18H21FN2O4S2/c1-9(2)25-18(24)21-15(22)11-6-7-26-17(11)20-16(23)13-8-10-4-3-5-12(19)14(10)27-13/h3-5,9,11,13,17H,6-8H2,1-2H3,(H,20,23)(H,21,22,24). The average molecular weight is 413 g/mol. The second-order valence-corrected chi connectivity index (χ2v) is 9.14. The first-order valence-electron chi connectivity index (χ1n) is 8.72. The minimum Gasteiger partial charge on any atom is -0.447 e. The summed E-state index contributed by atoms with van der Waals surface area (Å²) in [4.78, 5) is 37.1. The Kier molecular flexibility index (Phi) is 6.31. The molecule has 0 saturated carbocycles. The van der Waals surface area contributed by atoms with E-state index in [1.165, 1.54) is 29.6 Å². The van der Waals surface area contributed by atoms with E-state index in [0.29, 0.717) is 23.5 Å². The highest BCUT2D eigenvalue weighted by Crippen LogP contribution is 2.39. The molecule has 3 rings (SSSR count). The van der Waals surface area contributed by atoms with Gasteiger partial charge in [-0.15, -0.1) is 23.5 Å². The summed E-state index contributed by atoms with van der Waals surface area (Å²) in [5, 5.41) is 4.27. The van der Waals surface area contributed by atoms with E-state index < -0.39 is 28.5 Å². The van der Waals surface area contributed by atoms with Gasteiger partial charge < -0.3 is 10.1 Å². The molecular formula is C18H21FN2O4S2. The summed E-state index contributed by atoms with van der Waals surface area (Å²) < 4.78 is 18.8. The number of hydrogen-bond donors (Lipinski definition) is 2. The summed E-state index contributed by atoms with van der Waals surface area (Å²) in [7, 11) is 0. The van der Waals surface area contributed by atoms with Crippen LogP contribution in [0.25, 0.3) is 0 Å². The Balaban J connectivity index is 1.57. The molecule has 1 fully saturated rings. The van der Waals surface area contributed by atoms with E-state index in [9.17, 15) is 18.8 Å². The number of halogens is 1. The number of hydrogen-bond acceptors (Lipinski definition) is 6. The van der Waals surface area contributed by atoms with Crippen LogP contribution in [0, 0.1) is 11.7 Å². The van der Waals surface area contributed by atoms with Gasteiger partial charge in [0.2, 0.25) is 11.8 Å². The molecule has 3 unspecified atom stereocenters. The smallest absolute Gasteiger partial charge is 0.414 e. The monoisotopic (exact) mass is 412 g/mol. The lowest BCUT2D eigenvalue weighted by Gasteiger charge is -2.21. The van der Waals surface area contributed by atoms with Crippen LogP contribution in [0.3, 0.4) is 0 Å². The maximum Gasteiger partial charge on any atom is 0.414 e. The number of carbonyl (C=O) groups excluding carboxylic acids is 3. The van der Waals surface area contributed by atoms with Crippen molar-refractivity contribution in [1.29, 1.82) is 0 Å². The molecule has 27 heavy (non-hydrogen) atoms. The lowest BCUT2D eigenvalue weighted by atomic mass is 10.1. The minimum atomic E-state index is -0.783. The van der Waals surface area contributed by atoms with Gasteiger partial charge in [-0.2, -0.15) is 0 Å². The third-order valence-electron chi connectivity index (χ3n) is 4.29. The molecule has 3 amide bonds. The van der Waals surface area contributed by atoms with E-state index >= 15 is 0 Å². The van der Waals surface area contributed by atoms with Crippen LogP contribution >= 0.6 is 23.5 Å². The molecule has 6 nitrogen and oxygen atoms in total. The van der Waals surface area contributed by atoms with Crippen molar-refractivity contribution in [2.75, 3.05) is 5.75 Å². The first kappa shape index (κ1) is 20.0. The Morgan fingerprint density at radius 2 is 2.04 bits per heavy atom. The highest BCUT2D eigenvalue weighted by Gasteiger charge is 2.38. The molecule has 0 bridgehead atoms. The molecule has 0 aromatic heterocycles. The van der Waals surface area contributed by atoms with E-state index in [4.69, 9.17) is 4.74 Å². The molecule has 2 aliphatic rings. The van der Waals surface area contributed by atoms with Gasteiger partial charge in [-0.1, -0.05) is 12.1 Å². The third-order valence-corrected chi connectivity index (χ3v) is 6.92. The molecule has 2 N–H and O–H groups in total. The predicted molar refractivity (Wildman–Crippen MR) is 102 cm³/mol. The zero-order valence-electron chi connectivity index (χ0n) is 15.0. The first-order chi connectivity index (χ1) is 12.8. The van der Waals surface area contributed by atoms with E-state index in [0.717, 1.165) is 5.56 Å². The molecule has 2 heterocycles. The SMILES string of the molecule is CC(C)OC(=O)NC(=O)C1CCSC1NC(=O)C1Cc2cccc(F)c2S1. The number of fused-ring (bicyclic) bond motifs is 1. The molecule has 2 aliphatic heterocycles. The number of amides is 3. The van der Waals surface area contributed by atoms with Crippen LogP contribution in [0.1, 0.15) is 25.8 Å². The van der Waals surface area contributed by atoms with Gasteiger partial charge in [0, 0.05) is 4.90 Å². The Labute approximate surface area is 165 Å². The third kappa shape index (κ3) is 4.76. The summed E-state index contributed by atoms with van der Waals surface area (Å²) >= 11 is 2.68. The molecule has 9 heteroatoms. The number of carbonyl (C=O) groups is 3. The van der Waals surface area contributed by atoms with Crippen molar-refractivity contribution in [3.63, 3.8) is 0 Å². The van der Waals surface area contributed by atoms with Crippen molar-refractivity contribution < 1.29 is 23.5 Å². The zero-order chi connectivity index (χ0) is 19.6. The van der Waals surface area contributed by atoms with E-state index in [-0.39, 0.29) is 17.8 Å². The Bertz CT molecular complexity index is 759. The second kappa shape index (κ2) is 8.52. The van der Waals surface area contributed by atoms with Crippen molar-refractivity contribution in [3.8, 4) is 0 Å². The zero-order valence-corrected chi connectivity index (χ0v) is 16.6. The molecule has 1 aromatic rings. The fourth-order valence-corrected chi connectivity index (χ4v) is 5.59. The van der Waals surface area contributed by atoms with E-state index in [2.05, 4.69) is 10.6 Å². The summed E-state index contributed by atoms with van der Waals surface area (Å²) in [5.74, 6) is -0.801. The molecule has 1 saturated heterocycles. The maximum absolute atomic E-state index is 13.9. The van der Waals surface area contributed by atoms with Crippen LogP contribution < -0.4 is 10.6 Å². The van der Waals surface area contributed by atoms with Gasteiger partial charge in [-0.05, 0) is 44.1 Å². The predicted octanol–water partition coefficient (Wildman–Crippen LogP) is 2.70. The Morgan fingerprint density at radius 1 is 1.26 bits per heavy atom. The number of rotatable bonds is 4. The van der Waals surface area contributed by atoms with Gasteiger partial charge in [-0.25, -0.2) is 9.18 Å². The number of thioether (sulfide) groups is 2. The first-order valence-corrected chi connectivity index (χ1v) is 10.7. The number of nitrogens with one attached hydrogen (secondary N) is 2. The van der Waals surface area contributed by atoms with Crippen molar-refractivity contribution in [3.05, 3.63) is 29.6 Å². The van der Waals surface area contributed by atoms with Gasteiger partial charge in [-0.3, -0.25) is 14.9 Å². The second-order valence-electron chi connectivity index (χ2n) is 6.68. The largest absolute Gasteiger partial charge is 0.447 e. The van der Waals surface area contributed by atoms with Crippen molar-refractivity contribution >= 4 is 41.4 Å². The molecule has 146 valence electrons. The van der Waals surface area contributed by atoms with Crippen molar-refractivity contribution in [1.82, 2.24) is 10.6 Å². The number of imide groups is 1. The average Bonchev–Trinajstić information content (AvgIpc) is 3.21. The van der Waals surface area contributed by atoms with Gasteiger partial charge in [0.05, 0.1) is 22.6 Å². The van der Waals surface area contributed by atoms with Crippen LogP contribution in [0.5, 0.6) is 0 Å². The topological polar surface area (TPSA) is 84.5 Å².